The molecule has 0 aromatic heterocycles. The molecule has 1 unspecified atom stereocenters. The van der Waals surface area contributed by atoms with E-state index in [0.29, 0.717) is 25.7 Å². The first-order chi connectivity index (χ1) is 27.5. The SMILES string of the molecule is CCCCC/C=C\C/C=C\C/C=C\C/C=C\CCCC(=O)OC[C@H](COP(=O)(O)OC[C@H](N)C(=O)O)OC(=O)CCCCCCC/C=C\C=C\C(=O)CCCCC. The molecule has 0 aliphatic rings. The predicted octanol–water partition coefficient (Wildman–Crippen LogP) is 10.1. The topological polar surface area (TPSA) is 189 Å². The van der Waals surface area contributed by atoms with E-state index in [9.17, 15) is 28.6 Å². The fourth-order valence-electron chi connectivity index (χ4n) is 5.04. The van der Waals surface area contributed by atoms with Crippen LogP contribution >= 0.6 is 7.82 Å². The second-order valence-corrected chi connectivity index (χ2v) is 15.3. The van der Waals surface area contributed by atoms with Crippen molar-refractivity contribution in [3.8, 4) is 0 Å². The van der Waals surface area contributed by atoms with Gasteiger partial charge in [0.05, 0.1) is 13.2 Å². The van der Waals surface area contributed by atoms with E-state index in [2.05, 4.69) is 54.8 Å². The van der Waals surface area contributed by atoms with E-state index in [1.165, 1.54) is 19.3 Å². The number of hydrogen-bond donors (Lipinski definition) is 3. The summed E-state index contributed by atoms with van der Waals surface area (Å²) in [6.07, 6.45) is 41.0. The summed E-state index contributed by atoms with van der Waals surface area (Å²) >= 11 is 0. The van der Waals surface area contributed by atoms with Gasteiger partial charge in [0, 0.05) is 19.3 Å². The smallest absolute Gasteiger partial charge is 0.472 e. The number of carbonyl (C=O) groups excluding carboxylic acids is 3. The first kappa shape index (κ1) is 53.6. The monoisotopic (exact) mass is 821 g/mol. The lowest BCUT2D eigenvalue weighted by Gasteiger charge is -2.20. The van der Waals surface area contributed by atoms with Crippen molar-refractivity contribution >= 4 is 31.5 Å². The molecule has 0 aromatic rings. The lowest BCUT2D eigenvalue weighted by Crippen LogP contribution is -2.34. The number of ketones is 1. The number of allylic oxidation sites excluding steroid dienone is 12. The summed E-state index contributed by atoms with van der Waals surface area (Å²) in [5.41, 5.74) is 5.32. The van der Waals surface area contributed by atoms with Crippen LogP contribution in [0.5, 0.6) is 0 Å². The minimum absolute atomic E-state index is 0.0945. The number of hydrogen-bond acceptors (Lipinski definition) is 10. The molecule has 0 bridgehead atoms. The van der Waals surface area contributed by atoms with Gasteiger partial charge in [0.15, 0.2) is 11.9 Å². The summed E-state index contributed by atoms with van der Waals surface area (Å²) < 4.78 is 32.5. The summed E-state index contributed by atoms with van der Waals surface area (Å²) in [6.45, 7) is 2.50. The van der Waals surface area contributed by atoms with Gasteiger partial charge in [-0.05, 0) is 76.7 Å². The number of carboxylic acids is 1. The molecule has 0 heterocycles. The van der Waals surface area contributed by atoms with Crippen molar-refractivity contribution in [3.63, 3.8) is 0 Å². The number of ether oxygens (including phenoxy) is 2. The third-order valence-electron chi connectivity index (χ3n) is 8.40. The number of carbonyl (C=O) groups is 4. The second kappa shape index (κ2) is 38.1. The molecule has 0 fully saturated rings. The molecule has 0 aromatic carbocycles. The van der Waals surface area contributed by atoms with Crippen molar-refractivity contribution in [2.24, 2.45) is 5.73 Å². The van der Waals surface area contributed by atoms with E-state index in [0.717, 1.165) is 77.0 Å². The van der Waals surface area contributed by atoms with Gasteiger partial charge < -0.3 is 25.2 Å². The lowest BCUT2D eigenvalue weighted by molar-refractivity contribution is -0.161. The van der Waals surface area contributed by atoms with Crippen LogP contribution in [0.1, 0.15) is 149 Å². The minimum atomic E-state index is -4.75. The molecule has 0 aliphatic carbocycles. The largest absolute Gasteiger partial charge is 0.480 e. The van der Waals surface area contributed by atoms with E-state index in [4.69, 9.17) is 24.8 Å². The van der Waals surface area contributed by atoms with E-state index in [1.807, 2.05) is 24.3 Å². The number of phosphoric acid groups is 1. The molecule has 0 saturated carbocycles. The average Bonchev–Trinajstić information content (AvgIpc) is 3.18. The maximum absolute atomic E-state index is 12.6. The molecule has 0 spiro atoms. The van der Waals surface area contributed by atoms with Crippen LogP contribution in [-0.4, -0.2) is 65.7 Å². The summed E-state index contributed by atoms with van der Waals surface area (Å²) in [5, 5.41) is 8.88. The Morgan fingerprint density at radius 3 is 1.75 bits per heavy atom. The number of nitrogens with two attached hydrogens (primary N) is 1. The van der Waals surface area contributed by atoms with Gasteiger partial charge in [0.2, 0.25) is 0 Å². The van der Waals surface area contributed by atoms with E-state index >= 15 is 0 Å². The van der Waals surface area contributed by atoms with Gasteiger partial charge in [-0.1, -0.05) is 126 Å². The van der Waals surface area contributed by atoms with E-state index < -0.39 is 57.7 Å². The van der Waals surface area contributed by atoms with Crippen LogP contribution in [0.4, 0.5) is 0 Å². The second-order valence-electron chi connectivity index (χ2n) is 13.8. The minimum Gasteiger partial charge on any atom is -0.480 e. The van der Waals surface area contributed by atoms with Crippen molar-refractivity contribution in [2.75, 3.05) is 19.8 Å². The molecule has 0 radical (unpaired) electrons. The predicted molar refractivity (Wildman–Crippen MR) is 226 cm³/mol. The van der Waals surface area contributed by atoms with Crippen LogP contribution in [0.3, 0.4) is 0 Å². The van der Waals surface area contributed by atoms with Crippen LogP contribution in [-0.2, 0) is 42.3 Å². The average molecular weight is 822 g/mol. The van der Waals surface area contributed by atoms with Crippen molar-refractivity contribution in [2.45, 2.75) is 161 Å². The highest BCUT2D eigenvalue weighted by molar-refractivity contribution is 7.47. The highest BCUT2D eigenvalue weighted by atomic mass is 31.2. The molecular formula is C44H72NO11P. The van der Waals surface area contributed by atoms with Crippen LogP contribution in [0.15, 0.2) is 72.9 Å². The number of phosphoric ester groups is 1. The normalized spacial score (nSPS) is 14.4. The standard InChI is InChI=1S/C44H72NO11P/c1-3-5-7-8-9-10-11-12-13-14-15-16-17-20-23-26-30-34-42(47)53-36-40(37-54-57(51,52)55-38-41(45)44(49)50)56-43(48)35-31-27-24-21-18-19-22-25-29-33-39(46)32-28-6-4-2/h9-10,12-13,15-16,20,22-23,25,29,33,40-41H,3-8,11,14,17-19,21,24,26-28,30-32,34-38,45H2,1-2H3,(H,49,50)(H,51,52)/b10-9-,13-12-,16-15-,23-20-,25-22-,33-29+/t40-,41+/m1/s1. The Morgan fingerprint density at radius 1 is 0.596 bits per heavy atom. The van der Waals surface area contributed by atoms with Gasteiger partial charge in [-0.25, -0.2) is 4.57 Å². The Labute approximate surface area is 342 Å². The first-order valence-corrected chi connectivity index (χ1v) is 22.4. The molecule has 0 aliphatic heterocycles. The quantitative estimate of drug-likeness (QED) is 0.0134. The Morgan fingerprint density at radius 2 is 1.11 bits per heavy atom. The summed E-state index contributed by atoms with van der Waals surface area (Å²) in [7, 11) is -4.75. The third kappa shape index (κ3) is 37.9. The molecule has 13 heteroatoms. The third-order valence-corrected chi connectivity index (χ3v) is 9.35. The van der Waals surface area contributed by atoms with Gasteiger partial charge in [-0.3, -0.25) is 28.2 Å². The Hall–Kier alpha value is -3.41. The van der Waals surface area contributed by atoms with E-state index in [1.54, 1.807) is 12.2 Å². The molecule has 0 saturated heterocycles. The zero-order valence-corrected chi connectivity index (χ0v) is 35.5. The number of esters is 2. The fraction of sp³-hybridized carbons (Fsp3) is 0.636. The van der Waals surface area contributed by atoms with Crippen molar-refractivity contribution in [1.82, 2.24) is 0 Å². The lowest BCUT2D eigenvalue weighted by atomic mass is 10.1. The van der Waals surface area contributed by atoms with Gasteiger partial charge in [-0.15, -0.1) is 0 Å². The number of unbranched alkanes of at least 4 members (excludes halogenated alkanes) is 11. The number of carboxylic acid groups (broad SMARTS) is 1. The molecule has 3 atom stereocenters. The zero-order chi connectivity index (χ0) is 42.2. The molecular weight excluding hydrogens is 749 g/mol. The van der Waals surface area contributed by atoms with Gasteiger partial charge in [-0.2, -0.15) is 0 Å². The van der Waals surface area contributed by atoms with Crippen molar-refractivity contribution in [3.05, 3.63) is 72.9 Å². The van der Waals surface area contributed by atoms with E-state index in [-0.39, 0.29) is 18.6 Å². The molecule has 57 heavy (non-hydrogen) atoms. The molecule has 0 amide bonds. The zero-order valence-electron chi connectivity index (χ0n) is 34.6. The molecule has 4 N–H and O–H groups in total. The van der Waals surface area contributed by atoms with Gasteiger partial charge in [0.25, 0.3) is 0 Å². The highest BCUT2D eigenvalue weighted by Gasteiger charge is 2.28. The van der Waals surface area contributed by atoms with Crippen LogP contribution in [0.25, 0.3) is 0 Å². The first-order valence-electron chi connectivity index (χ1n) is 20.9. The van der Waals surface area contributed by atoms with Crippen LogP contribution in [0.2, 0.25) is 0 Å². The summed E-state index contributed by atoms with van der Waals surface area (Å²) in [6, 6.07) is -1.55. The van der Waals surface area contributed by atoms with Crippen LogP contribution in [0, 0.1) is 0 Å². The summed E-state index contributed by atoms with van der Waals surface area (Å²) in [4.78, 5) is 57.6. The van der Waals surface area contributed by atoms with Crippen molar-refractivity contribution < 1.29 is 52.3 Å². The molecule has 12 nitrogen and oxygen atoms in total. The molecule has 324 valence electrons. The Kier molecular flexibility index (Phi) is 35.8. The van der Waals surface area contributed by atoms with Crippen LogP contribution < -0.4 is 5.73 Å². The Bertz CT molecular complexity index is 1300. The number of aliphatic carboxylic acids is 1. The number of rotatable bonds is 38. The fourth-order valence-corrected chi connectivity index (χ4v) is 5.81. The molecule has 0 rings (SSSR count). The summed E-state index contributed by atoms with van der Waals surface area (Å²) in [5.74, 6) is -2.38. The maximum atomic E-state index is 12.6. The van der Waals surface area contributed by atoms with Crippen molar-refractivity contribution in [1.29, 1.82) is 0 Å². The maximum Gasteiger partial charge on any atom is 0.472 e. The highest BCUT2D eigenvalue weighted by Crippen LogP contribution is 2.43. The Balaban J connectivity index is 4.57. The van der Waals surface area contributed by atoms with Gasteiger partial charge in [0.1, 0.15) is 12.6 Å². The van der Waals surface area contributed by atoms with Gasteiger partial charge >= 0.3 is 25.7 Å².